The molecule has 0 aliphatic carbocycles. The number of benzene rings is 2. The monoisotopic (exact) mass is 407 g/mol. The number of fused-ring (bicyclic) bond motifs is 1. The van der Waals surface area contributed by atoms with Crippen molar-refractivity contribution in [3.63, 3.8) is 0 Å². The number of urea groups is 1. The van der Waals surface area contributed by atoms with Crippen LogP contribution in [-0.4, -0.2) is 64.2 Å². The van der Waals surface area contributed by atoms with Gasteiger partial charge in [-0.25, -0.2) is 13.9 Å². The molecule has 0 atom stereocenters. The summed E-state index contributed by atoms with van der Waals surface area (Å²) in [5.41, 5.74) is 1.90. The molecule has 7 nitrogen and oxygen atoms in total. The van der Waals surface area contributed by atoms with Gasteiger partial charge in [0.2, 0.25) is 5.91 Å². The third kappa shape index (κ3) is 2.99. The SMILES string of the molecule is CC(=O)N1CC(CN2CCN(c3cccc4c3cnn4-c3ccccc3F)C2=O)C1. The van der Waals surface area contributed by atoms with Crippen LogP contribution in [0, 0.1) is 11.7 Å². The maximum absolute atomic E-state index is 14.3. The molecule has 0 N–H and O–H groups in total. The van der Waals surface area contributed by atoms with Gasteiger partial charge in [-0.1, -0.05) is 18.2 Å². The van der Waals surface area contributed by atoms with E-state index in [0.29, 0.717) is 44.3 Å². The van der Waals surface area contributed by atoms with Gasteiger partial charge in [-0.15, -0.1) is 0 Å². The number of hydrogen-bond acceptors (Lipinski definition) is 3. The van der Waals surface area contributed by atoms with Crippen molar-refractivity contribution in [1.82, 2.24) is 19.6 Å². The molecule has 154 valence electrons. The van der Waals surface area contributed by atoms with Gasteiger partial charge < -0.3 is 9.80 Å². The Kier molecular flexibility index (Phi) is 4.42. The summed E-state index contributed by atoms with van der Waals surface area (Å²) in [5.74, 6) is 0.0630. The molecular formula is C22H22FN5O2. The smallest absolute Gasteiger partial charge is 0.324 e. The van der Waals surface area contributed by atoms with Crippen LogP contribution >= 0.6 is 0 Å². The predicted molar refractivity (Wildman–Crippen MR) is 111 cm³/mol. The van der Waals surface area contributed by atoms with Gasteiger partial charge in [-0.3, -0.25) is 9.69 Å². The van der Waals surface area contributed by atoms with E-state index in [1.807, 2.05) is 23.1 Å². The Labute approximate surface area is 173 Å². The summed E-state index contributed by atoms with van der Waals surface area (Å²) in [5, 5.41) is 5.19. The lowest BCUT2D eigenvalue weighted by molar-refractivity contribution is -0.135. The van der Waals surface area contributed by atoms with Gasteiger partial charge in [0, 0.05) is 51.0 Å². The number of halogens is 1. The second-order valence-electron chi connectivity index (χ2n) is 7.89. The molecule has 2 aliphatic heterocycles. The standard InChI is InChI=1S/C22H22FN5O2/c1-15(29)26-13-16(14-26)12-25-9-10-27(22(25)30)19-7-4-8-20-17(19)11-24-28(20)21-6-3-2-5-18(21)23/h2-8,11,16H,9-10,12-14H2,1H3. The number of hydrogen-bond donors (Lipinski definition) is 0. The maximum atomic E-state index is 14.3. The Morgan fingerprint density at radius 1 is 1.10 bits per heavy atom. The summed E-state index contributed by atoms with van der Waals surface area (Å²) in [7, 11) is 0. The van der Waals surface area contributed by atoms with Crippen molar-refractivity contribution in [2.24, 2.45) is 5.92 Å². The van der Waals surface area contributed by atoms with Crippen molar-refractivity contribution in [1.29, 1.82) is 0 Å². The molecule has 2 aromatic carbocycles. The van der Waals surface area contributed by atoms with Gasteiger partial charge >= 0.3 is 6.03 Å². The van der Waals surface area contributed by atoms with Gasteiger partial charge in [0.15, 0.2) is 0 Å². The van der Waals surface area contributed by atoms with Crippen LogP contribution in [0.15, 0.2) is 48.7 Å². The number of likely N-dealkylation sites (tertiary alicyclic amines) is 1. The Hall–Kier alpha value is -3.42. The largest absolute Gasteiger partial charge is 0.342 e. The van der Waals surface area contributed by atoms with E-state index in [0.717, 1.165) is 16.6 Å². The summed E-state index contributed by atoms with van der Waals surface area (Å²) in [6.45, 7) is 4.89. The molecule has 0 bridgehead atoms. The van der Waals surface area contributed by atoms with Crippen LogP contribution in [0.3, 0.4) is 0 Å². The molecule has 3 heterocycles. The molecule has 3 aromatic rings. The Morgan fingerprint density at radius 3 is 2.63 bits per heavy atom. The van der Waals surface area contributed by atoms with Gasteiger partial charge in [-0.05, 0) is 24.3 Å². The average molecular weight is 407 g/mol. The van der Waals surface area contributed by atoms with E-state index < -0.39 is 0 Å². The fourth-order valence-corrected chi connectivity index (χ4v) is 4.32. The number of rotatable bonds is 4. The number of para-hydroxylation sites is 1. The highest BCUT2D eigenvalue weighted by Crippen LogP contribution is 2.31. The molecule has 8 heteroatoms. The molecular weight excluding hydrogens is 385 g/mol. The number of carbonyl (C=O) groups excluding carboxylic acids is 2. The zero-order chi connectivity index (χ0) is 20.8. The van der Waals surface area contributed by atoms with E-state index in [4.69, 9.17) is 0 Å². The molecule has 2 saturated heterocycles. The van der Waals surface area contributed by atoms with Crippen LogP contribution in [0.4, 0.5) is 14.9 Å². The number of aromatic nitrogens is 2. The quantitative estimate of drug-likeness (QED) is 0.668. The topological polar surface area (TPSA) is 61.7 Å². The molecule has 2 fully saturated rings. The minimum atomic E-state index is -0.351. The first-order valence-corrected chi connectivity index (χ1v) is 10.1. The van der Waals surface area contributed by atoms with Crippen LogP contribution < -0.4 is 4.90 Å². The maximum Gasteiger partial charge on any atom is 0.324 e. The molecule has 2 aliphatic rings. The second-order valence-corrected chi connectivity index (χ2v) is 7.89. The van der Waals surface area contributed by atoms with E-state index in [9.17, 15) is 14.0 Å². The van der Waals surface area contributed by atoms with Crippen molar-refractivity contribution in [3.8, 4) is 5.69 Å². The van der Waals surface area contributed by atoms with Crippen molar-refractivity contribution in [2.45, 2.75) is 6.92 Å². The van der Waals surface area contributed by atoms with E-state index in [1.165, 1.54) is 6.07 Å². The lowest BCUT2D eigenvalue weighted by atomic mass is 10.00. The molecule has 3 amide bonds. The molecule has 0 spiro atoms. The van der Waals surface area contributed by atoms with Gasteiger partial charge in [0.25, 0.3) is 0 Å². The molecule has 0 unspecified atom stereocenters. The number of amides is 3. The van der Waals surface area contributed by atoms with Crippen molar-refractivity contribution in [3.05, 3.63) is 54.5 Å². The van der Waals surface area contributed by atoms with Crippen LogP contribution in [0.2, 0.25) is 0 Å². The third-order valence-corrected chi connectivity index (χ3v) is 5.94. The third-order valence-electron chi connectivity index (χ3n) is 5.94. The Morgan fingerprint density at radius 2 is 1.87 bits per heavy atom. The fraction of sp³-hybridized carbons (Fsp3) is 0.318. The van der Waals surface area contributed by atoms with Gasteiger partial charge in [-0.2, -0.15) is 5.10 Å². The average Bonchev–Trinajstić information content (AvgIpc) is 3.28. The highest BCUT2D eigenvalue weighted by atomic mass is 19.1. The normalized spacial score (nSPS) is 17.1. The summed E-state index contributed by atoms with van der Waals surface area (Å²) in [6, 6.07) is 12.1. The first-order chi connectivity index (χ1) is 14.5. The second kappa shape index (κ2) is 7.12. The first-order valence-electron chi connectivity index (χ1n) is 10.1. The van der Waals surface area contributed by atoms with E-state index in [-0.39, 0.29) is 17.8 Å². The molecule has 5 rings (SSSR count). The van der Waals surface area contributed by atoms with Crippen molar-refractivity contribution in [2.75, 3.05) is 37.6 Å². The summed E-state index contributed by atoms with van der Waals surface area (Å²) >= 11 is 0. The number of nitrogens with zero attached hydrogens (tertiary/aromatic N) is 5. The Balaban J connectivity index is 1.39. The number of anilines is 1. The van der Waals surface area contributed by atoms with Crippen LogP contribution in [0.5, 0.6) is 0 Å². The predicted octanol–water partition coefficient (Wildman–Crippen LogP) is 2.88. The van der Waals surface area contributed by atoms with E-state index >= 15 is 0 Å². The highest BCUT2D eigenvalue weighted by Gasteiger charge is 2.36. The van der Waals surface area contributed by atoms with Crippen LogP contribution in [0.1, 0.15) is 6.92 Å². The number of carbonyl (C=O) groups is 2. The first kappa shape index (κ1) is 18.6. The minimum Gasteiger partial charge on any atom is -0.342 e. The van der Waals surface area contributed by atoms with E-state index in [2.05, 4.69) is 5.10 Å². The molecule has 30 heavy (non-hydrogen) atoms. The zero-order valence-corrected chi connectivity index (χ0v) is 16.7. The summed E-state index contributed by atoms with van der Waals surface area (Å²) in [6.07, 6.45) is 1.68. The van der Waals surface area contributed by atoms with Crippen LogP contribution in [0.25, 0.3) is 16.6 Å². The van der Waals surface area contributed by atoms with Crippen LogP contribution in [-0.2, 0) is 4.79 Å². The zero-order valence-electron chi connectivity index (χ0n) is 16.7. The minimum absolute atomic E-state index is 0.0394. The van der Waals surface area contributed by atoms with Gasteiger partial charge in [0.1, 0.15) is 11.5 Å². The van der Waals surface area contributed by atoms with Gasteiger partial charge in [0.05, 0.1) is 17.4 Å². The highest BCUT2D eigenvalue weighted by molar-refractivity contribution is 6.03. The molecule has 1 aromatic heterocycles. The fourth-order valence-electron chi connectivity index (χ4n) is 4.32. The molecule has 0 saturated carbocycles. The van der Waals surface area contributed by atoms with E-state index in [1.54, 1.807) is 45.8 Å². The Bertz CT molecular complexity index is 1140. The van der Waals surface area contributed by atoms with Crippen molar-refractivity contribution < 1.29 is 14.0 Å². The van der Waals surface area contributed by atoms with Crippen molar-refractivity contribution >= 4 is 28.5 Å². The lowest BCUT2D eigenvalue weighted by Gasteiger charge is -2.40. The molecule has 0 radical (unpaired) electrons. The lowest BCUT2D eigenvalue weighted by Crippen LogP contribution is -2.53. The summed E-state index contributed by atoms with van der Waals surface area (Å²) < 4.78 is 15.8. The summed E-state index contributed by atoms with van der Waals surface area (Å²) in [4.78, 5) is 29.8.